The summed E-state index contributed by atoms with van der Waals surface area (Å²) in [6.07, 6.45) is -5.60. The third kappa shape index (κ3) is 9.38. The van der Waals surface area contributed by atoms with Crippen molar-refractivity contribution in [3.8, 4) is 5.75 Å². The number of nitrogens with one attached hydrogen (secondary N) is 1. The van der Waals surface area contributed by atoms with Gasteiger partial charge < -0.3 is 24.6 Å². The van der Waals surface area contributed by atoms with Gasteiger partial charge in [0.25, 0.3) is 5.56 Å². The van der Waals surface area contributed by atoms with Gasteiger partial charge in [0.2, 0.25) is 11.7 Å². The van der Waals surface area contributed by atoms with Gasteiger partial charge in [-0.2, -0.15) is 13.2 Å². The molecule has 250 valence electrons. The SMILES string of the molecule is COC(=O)c1nc([C@@H]2C[C@H](NC(C)=O)CN2C(=O)OCc2ccccc2)n(C)c(=O)c1OC(=O)c1ccccc1.O=C(O)C(F)(F)F. The van der Waals surface area contributed by atoms with E-state index in [1.165, 1.54) is 31.0 Å². The second kappa shape index (κ2) is 15.5. The fourth-order valence-electron chi connectivity index (χ4n) is 4.43. The molecule has 2 heterocycles. The van der Waals surface area contributed by atoms with E-state index in [1.807, 2.05) is 18.2 Å². The van der Waals surface area contributed by atoms with Crippen LogP contribution in [0.2, 0.25) is 0 Å². The average molecular weight is 663 g/mol. The Kier molecular flexibility index (Phi) is 11.8. The molecule has 2 aromatic carbocycles. The summed E-state index contributed by atoms with van der Waals surface area (Å²) < 4.78 is 48.5. The molecule has 0 saturated carbocycles. The summed E-state index contributed by atoms with van der Waals surface area (Å²) >= 11 is 0. The average Bonchev–Trinajstić information content (AvgIpc) is 3.45. The third-order valence-electron chi connectivity index (χ3n) is 6.56. The molecular weight excluding hydrogens is 633 g/mol. The summed E-state index contributed by atoms with van der Waals surface area (Å²) in [5, 5.41) is 9.90. The van der Waals surface area contributed by atoms with Crippen LogP contribution in [0.5, 0.6) is 5.75 Å². The minimum Gasteiger partial charge on any atom is -0.475 e. The number of rotatable bonds is 7. The highest BCUT2D eigenvalue weighted by molar-refractivity contribution is 5.94. The molecule has 3 aromatic rings. The highest BCUT2D eigenvalue weighted by Gasteiger charge is 2.41. The molecule has 0 bridgehead atoms. The zero-order chi connectivity index (χ0) is 34.9. The molecule has 2 N–H and O–H groups in total. The van der Waals surface area contributed by atoms with Crippen LogP contribution in [-0.2, 0) is 32.7 Å². The number of hydrogen-bond donors (Lipinski definition) is 2. The van der Waals surface area contributed by atoms with Crippen molar-refractivity contribution in [2.75, 3.05) is 13.7 Å². The van der Waals surface area contributed by atoms with Crippen LogP contribution in [-0.4, -0.2) is 75.3 Å². The van der Waals surface area contributed by atoms with E-state index in [2.05, 4.69) is 10.3 Å². The zero-order valence-electron chi connectivity index (χ0n) is 25.1. The number of aliphatic carboxylic acids is 1. The fraction of sp³-hybridized carbons (Fsp3) is 0.300. The molecule has 1 fully saturated rings. The number of amides is 2. The van der Waals surface area contributed by atoms with Gasteiger partial charge in [-0.1, -0.05) is 48.5 Å². The van der Waals surface area contributed by atoms with E-state index < -0.39 is 59.3 Å². The number of carbonyl (C=O) groups is 5. The van der Waals surface area contributed by atoms with Gasteiger partial charge in [-0.3, -0.25) is 19.1 Å². The number of likely N-dealkylation sites (tertiary alicyclic amines) is 1. The summed E-state index contributed by atoms with van der Waals surface area (Å²) in [4.78, 5) is 78.4. The third-order valence-corrected chi connectivity index (χ3v) is 6.56. The second-order valence-corrected chi connectivity index (χ2v) is 9.90. The van der Waals surface area contributed by atoms with Crippen LogP contribution in [0.15, 0.2) is 65.5 Å². The van der Waals surface area contributed by atoms with E-state index in [9.17, 15) is 37.1 Å². The first-order valence-corrected chi connectivity index (χ1v) is 13.6. The Morgan fingerprint density at radius 2 is 1.57 bits per heavy atom. The van der Waals surface area contributed by atoms with Crippen molar-refractivity contribution >= 4 is 29.9 Å². The fourth-order valence-corrected chi connectivity index (χ4v) is 4.43. The molecule has 1 aromatic heterocycles. The lowest BCUT2D eigenvalue weighted by atomic mass is 10.1. The maximum atomic E-state index is 13.4. The Hall–Kier alpha value is -5.74. The number of alkyl halides is 3. The predicted molar refractivity (Wildman–Crippen MR) is 154 cm³/mol. The Balaban J connectivity index is 0.000000771. The topological polar surface area (TPSA) is 183 Å². The smallest absolute Gasteiger partial charge is 0.475 e. The monoisotopic (exact) mass is 662 g/mol. The number of benzene rings is 2. The van der Waals surface area contributed by atoms with Gasteiger partial charge >= 0.3 is 30.2 Å². The van der Waals surface area contributed by atoms with Gasteiger partial charge in [-0.05, 0) is 24.1 Å². The van der Waals surface area contributed by atoms with E-state index in [0.717, 1.165) is 17.2 Å². The summed E-state index contributed by atoms with van der Waals surface area (Å²) in [7, 11) is 2.48. The molecule has 1 saturated heterocycles. The van der Waals surface area contributed by atoms with Gasteiger partial charge in [-0.25, -0.2) is 24.2 Å². The van der Waals surface area contributed by atoms with Gasteiger partial charge in [0.1, 0.15) is 12.4 Å². The Morgan fingerprint density at radius 3 is 2.11 bits per heavy atom. The maximum Gasteiger partial charge on any atom is 0.490 e. The van der Waals surface area contributed by atoms with Crippen molar-refractivity contribution in [1.82, 2.24) is 19.8 Å². The quantitative estimate of drug-likeness (QED) is 0.355. The summed E-state index contributed by atoms with van der Waals surface area (Å²) in [6.45, 7) is 1.43. The van der Waals surface area contributed by atoms with E-state index in [-0.39, 0.29) is 36.9 Å². The number of ether oxygens (including phenoxy) is 3. The first kappa shape index (κ1) is 35.7. The van der Waals surface area contributed by atoms with Crippen molar-refractivity contribution in [2.45, 2.75) is 38.2 Å². The Bertz CT molecular complexity index is 1680. The lowest BCUT2D eigenvalue weighted by molar-refractivity contribution is -0.192. The normalized spacial score (nSPS) is 15.5. The summed E-state index contributed by atoms with van der Waals surface area (Å²) in [5.41, 5.74) is -0.431. The van der Waals surface area contributed by atoms with Crippen molar-refractivity contribution in [2.24, 2.45) is 7.05 Å². The molecule has 0 unspecified atom stereocenters. The van der Waals surface area contributed by atoms with E-state index >= 15 is 0 Å². The van der Waals surface area contributed by atoms with E-state index in [4.69, 9.17) is 24.1 Å². The lowest BCUT2D eigenvalue weighted by Gasteiger charge is -2.25. The van der Waals surface area contributed by atoms with Crippen molar-refractivity contribution < 1.29 is 56.5 Å². The van der Waals surface area contributed by atoms with Gasteiger partial charge in [0.05, 0.1) is 18.7 Å². The molecule has 47 heavy (non-hydrogen) atoms. The minimum atomic E-state index is -5.08. The van der Waals surface area contributed by atoms with Crippen molar-refractivity contribution in [3.63, 3.8) is 0 Å². The molecule has 2 atom stereocenters. The number of carbonyl (C=O) groups excluding carboxylic acids is 4. The van der Waals surface area contributed by atoms with Crippen LogP contribution in [0.4, 0.5) is 18.0 Å². The summed E-state index contributed by atoms with van der Waals surface area (Å²) in [6, 6.07) is 15.7. The van der Waals surface area contributed by atoms with Gasteiger partial charge in [-0.15, -0.1) is 0 Å². The molecule has 0 spiro atoms. The molecule has 2 amide bonds. The molecule has 4 rings (SSSR count). The largest absolute Gasteiger partial charge is 0.490 e. The molecule has 0 aliphatic carbocycles. The van der Waals surface area contributed by atoms with Crippen LogP contribution in [0.3, 0.4) is 0 Å². The predicted octanol–water partition coefficient (Wildman–Crippen LogP) is 3.01. The second-order valence-electron chi connectivity index (χ2n) is 9.90. The molecular formula is C30H29F3N4O10. The lowest BCUT2D eigenvalue weighted by Crippen LogP contribution is -2.38. The first-order chi connectivity index (χ1) is 22.1. The number of esters is 2. The van der Waals surface area contributed by atoms with Crippen LogP contribution in [0.1, 0.15) is 51.6 Å². The highest BCUT2D eigenvalue weighted by Crippen LogP contribution is 2.32. The molecule has 14 nitrogen and oxygen atoms in total. The number of aromatic nitrogens is 2. The van der Waals surface area contributed by atoms with Gasteiger partial charge in [0, 0.05) is 26.6 Å². The molecule has 1 aliphatic heterocycles. The number of halogens is 3. The first-order valence-electron chi connectivity index (χ1n) is 13.6. The van der Waals surface area contributed by atoms with Crippen molar-refractivity contribution in [3.05, 3.63) is 93.7 Å². The van der Waals surface area contributed by atoms with Crippen LogP contribution in [0.25, 0.3) is 0 Å². The van der Waals surface area contributed by atoms with Crippen LogP contribution in [0, 0.1) is 0 Å². The standard InChI is InChI=1S/C28H28N4O8.C2HF3O2/c1-17(33)29-20-14-21(32(15-20)28(37)39-16-18-10-6-4-7-11-18)24-30-22(27(36)38-3)23(25(34)31(24)2)40-26(35)19-12-8-5-9-13-19;3-2(4,5)1(6)7/h4-13,20-21H,14-16H2,1-3H3,(H,29,33);(H,6,7)/t20-,21-;/m0./s1. The van der Waals surface area contributed by atoms with Gasteiger partial charge in [0.15, 0.2) is 5.69 Å². The summed E-state index contributed by atoms with van der Waals surface area (Å²) in [5.74, 6) is -5.52. The molecule has 17 heteroatoms. The van der Waals surface area contributed by atoms with Crippen molar-refractivity contribution in [1.29, 1.82) is 0 Å². The number of carboxylic acid groups (broad SMARTS) is 1. The number of methoxy groups -OCH3 is 1. The molecule has 1 aliphatic rings. The van der Waals surface area contributed by atoms with Crippen LogP contribution < -0.4 is 15.6 Å². The Morgan fingerprint density at radius 1 is 1.00 bits per heavy atom. The Labute approximate surface area is 264 Å². The minimum absolute atomic E-state index is 0.00183. The van der Waals surface area contributed by atoms with E-state index in [1.54, 1.807) is 30.3 Å². The maximum absolute atomic E-state index is 13.4. The highest BCUT2D eigenvalue weighted by atomic mass is 19.4. The zero-order valence-corrected chi connectivity index (χ0v) is 25.1. The van der Waals surface area contributed by atoms with Crippen LogP contribution >= 0.6 is 0 Å². The number of carboxylic acids is 1. The number of nitrogens with zero attached hydrogens (tertiary/aromatic N) is 3. The van der Waals surface area contributed by atoms with E-state index in [0.29, 0.717) is 0 Å². The molecule has 0 radical (unpaired) electrons. The number of hydrogen-bond acceptors (Lipinski definition) is 10.